The fraction of sp³-hybridized carbons (Fsp3) is 1.00. The SMILES string of the molecule is CC1CNC(C2CC2)CN1C1CCN2CCCC2C1. The van der Waals surface area contributed by atoms with Gasteiger partial charge in [0.1, 0.15) is 0 Å². The molecule has 4 unspecified atom stereocenters. The largest absolute Gasteiger partial charge is 0.311 e. The summed E-state index contributed by atoms with van der Waals surface area (Å²) in [6.07, 6.45) is 8.71. The van der Waals surface area contributed by atoms with Crippen LogP contribution in [0.1, 0.15) is 45.4 Å². The highest BCUT2D eigenvalue weighted by molar-refractivity contribution is 4.98. The molecule has 1 saturated carbocycles. The van der Waals surface area contributed by atoms with Crippen LogP contribution in [0.15, 0.2) is 0 Å². The molecule has 0 aromatic heterocycles. The van der Waals surface area contributed by atoms with E-state index >= 15 is 0 Å². The van der Waals surface area contributed by atoms with Crippen LogP contribution in [0.4, 0.5) is 0 Å². The van der Waals surface area contributed by atoms with Crippen molar-refractivity contribution in [1.29, 1.82) is 0 Å². The number of nitrogens with zero attached hydrogens (tertiary/aromatic N) is 2. The summed E-state index contributed by atoms with van der Waals surface area (Å²) in [5, 5.41) is 3.79. The normalized spacial score (nSPS) is 45.3. The van der Waals surface area contributed by atoms with E-state index in [4.69, 9.17) is 0 Å². The van der Waals surface area contributed by atoms with E-state index in [9.17, 15) is 0 Å². The lowest BCUT2D eigenvalue weighted by molar-refractivity contribution is 0.0335. The van der Waals surface area contributed by atoms with Crippen LogP contribution in [0.3, 0.4) is 0 Å². The van der Waals surface area contributed by atoms with Crippen molar-refractivity contribution >= 4 is 0 Å². The predicted octanol–water partition coefficient (Wildman–Crippen LogP) is 1.69. The predicted molar refractivity (Wildman–Crippen MR) is 78.3 cm³/mol. The van der Waals surface area contributed by atoms with Gasteiger partial charge in [-0.05, 0) is 64.5 Å². The molecule has 1 N–H and O–H groups in total. The highest BCUT2D eigenvalue weighted by atomic mass is 15.3. The molecule has 0 aromatic rings. The second-order valence-electron chi connectivity index (χ2n) is 7.41. The summed E-state index contributed by atoms with van der Waals surface area (Å²) in [5.74, 6) is 1.00. The van der Waals surface area contributed by atoms with Crippen molar-refractivity contribution in [3.05, 3.63) is 0 Å². The first-order valence-electron chi connectivity index (χ1n) is 8.54. The van der Waals surface area contributed by atoms with Crippen LogP contribution < -0.4 is 5.32 Å². The van der Waals surface area contributed by atoms with Crippen LogP contribution in [-0.2, 0) is 0 Å². The van der Waals surface area contributed by atoms with Crippen molar-refractivity contribution in [1.82, 2.24) is 15.1 Å². The van der Waals surface area contributed by atoms with Gasteiger partial charge in [0, 0.05) is 37.3 Å². The van der Waals surface area contributed by atoms with Crippen molar-refractivity contribution in [2.75, 3.05) is 26.2 Å². The number of hydrogen-bond donors (Lipinski definition) is 1. The molecule has 4 atom stereocenters. The van der Waals surface area contributed by atoms with Gasteiger partial charge in [-0.2, -0.15) is 0 Å². The van der Waals surface area contributed by atoms with E-state index in [0.717, 1.165) is 30.1 Å². The maximum absolute atomic E-state index is 3.79. The molecule has 19 heavy (non-hydrogen) atoms. The lowest BCUT2D eigenvalue weighted by Gasteiger charge is -2.47. The van der Waals surface area contributed by atoms with E-state index in [0.29, 0.717) is 0 Å². The van der Waals surface area contributed by atoms with Crippen LogP contribution in [-0.4, -0.2) is 60.1 Å². The van der Waals surface area contributed by atoms with Gasteiger partial charge in [0.05, 0.1) is 0 Å². The average molecular weight is 263 g/mol. The lowest BCUT2D eigenvalue weighted by atomic mass is 9.93. The molecule has 108 valence electrons. The Hall–Kier alpha value is -0.120. The number of piperidine rings is 1. The Morgan fingerprint density at radius 1 is 1.00 bits per heavy atom. The van der Waals surface area contributed by atoms with Crippen molar-refractivity contribution in [3.8, 4) is 0 Å². The van der Waals surface area contributed by atoms with Crippen LogP contribution in [0.2, 0.25) is 0 Å². The quantitative estimate of drug-likeness (QED) is 0.818. The highest BCUT2D eigenvalue weighted by Gasteiger charge is 2.40. The number of piperazine rings is 1. The molecule has 4 rings (SSSR count). The minimum absolute atomic E-state index is 0.743. The van der Waals surface area contributed by atoms with E-state index in [-0.39, 0.29) is 0 Å². The zero-order valence-electron chi connectivity index (χ0n) is 12.4. The number of hydrogen-bond acceptors (Lipinski definition) is 3. The molecule has 3 aliphatic heterocycles. The molecule has 3 heterocycles. The third kappa shape index (κ3) is 2.45. The van der Waals surface area contributed by atoms with Crippen molar-refractivity contribution in [3.63, 3.8) is 0 Å². The Kier molecular flexibility index (Phi) is 3.33. The summed E-state index contributed by atoms with van der Waals surface area (Å²) in [5.41, 5.74) is 0. The van der Waals surface area contributed by atoms with Crippen LogP contribution >= 0.6 is 0 Å². The molecule has 1 aliphatic carbocycles. The Morgan fingerprint density at radius 3 is 2.74 bits per heavy atom. The van der Waals surface area contributed by atoms with E-state index in [1.165, 1.54) is 64.7 Å². The smallest absolute Gasteiger partial charge is 0.0224 e. The first-order valence-corrected chi connectivity index (χ1v) is 8.54. The monoisotopic (exact) mass is 263 g/mol. The van der Waals surface area contributed by atoms with Gasteiger partial charge in [-0.3, -0.25) is 4.90 Å². The third-order valence-electron chi connectivity index (χ3n) is 6.10. The summed E-state index contributed by atoms with van der Waals surface area (Å²) in [7, 11) is 0. The minimum Gasteiger partial charge on any atom is -0.311 e. The Morgan fingerprint density at radius 2 is 1.89 bits per heavy atom. The standard InChI is InChI=1S/C16H29N3/c1-12-10-17-16(13-4-5-13)11-19(12)15-6-8-18-7-2-3-14(18)9-15/h12-17H,2-11H2,1H3. The molecule has 0 aromatic carbocycles. The number of rotatable bonds is 2. The van der Waals surface area contributed by atoms with Crippen LogP contribution in [0, 0.1) is 5.92 Å². The van der Waals surface area contributed by atoms with Gasteiger partial charge in [0.15, 0.2) is 0 Å². The molecule has 0 amide bonds. The maximum atomic E-state index is 3.79. The van der Waals surface area contributed by atoms with E-state index < -0.39 is 0 Å². The summed E-state index contributed by atoms with van der Waals surface area (Å²) >= 11 is 0. The molecular weight excluding hydrogens is 234 g/mol. The molecule has 4 aliphatic rings. The van der Waals surface area contributed by atoms with Gasteiger partial charge in [0.25, 0.3) is 0 Å². The minimum atomic E-state index is 0.743. The maximum Gasteiger partial charge on any atom is 0.0224 e. The second kappa shape index (κ2) is 5.01. The summed E-state index contributed by atoms with van der Waals surface area (Å²) in [4.78, 5) is 5.62. The molecule has 3 saturated heterocycles. The number of fused-ring (bicyclic) bond motifs is 1. The first kappa shape index (κ1) is 12.6. The van der Waals surface area contributed by atoms with Crippen molar-refractivity contribution < 1.29 is 0 Å². The zero-order chi connectivity index (χ0) is 12.8. The van der Waals surface area contributed by atoms with E-state index in [1.807, 2.05) is 0 Å². The Bertz CT molecular complexity index is 328. The fourth-order valence-electron chi connectivity index (χ4n) is 4.74. The molecule has 3 nitrogen and oxygen atoms in total. The Balaban J connectivity index is 1.41. The second-order valence-corrected chi connectivity index (χ2v) is 7.41. The topological polar surface area (TPSA) is 18.5 Å². The number of nitrogens with one attached hydrogen (secondary N) is 1. The van der Waals surface area contributed by atoms with Gasteiger partial charge in [0.2, 0.25) is 0 Å². The summed E-state index contributed by atoms with van der Waals surface area (Å²) < 4.78 is 0. The average Bonchev–Trinajstić information content (AvgIpc) is 3.17. The molecule has 0 radical (unpaired) electrons. The molecule has 4 fully saturated rings. The zero-order valence-corrected chi connectivity index (χ0v) is 12.4. The fourth-order valence-corrected chi connectivity index (χ4v) is 4.74. The van der Waals surface area contributed by atoms with Crippen LogP contribution in [0.25, 0.3) is 0 Å². The van der Waals surface area contributed by atoms with Crippen molar-refractivity contribution in [2.45, 2.75) is 69.6 Å². The molecule has 0 spiro atoms. The summed E-state index contributed by atoms with van der Waals surface area (Å²) in [6, 6.07) is 3.34. The molecular formula is C16H29N3. The van der Waals surface area contributed by atoms with Gasteiger partial charge < -0.3 is 10.2 Å². The van der Waals surface area contributed by atoms with Gasteiger partial charge in [-0.15, -0.1) is 0 Å². The van der Waals surface area contributed by atoms with E-state index in [1.54, 1.807) is 0 Å². The van der Waals surface area contributed by atoms with Gasteiger partial charge >= 0.3 is 0 Å². The highest BCUT2D eigenvalue weighted by Crippen LogP contribution is 2.36. The van der Waals surface area contributed by atoms with Crippen molar-refractivity contribution in [2.24, 2.45) is 5.92 Å². The van der Waals surface area contributed by atoms with Crippen LogP contribution in [0.5, 0.6) is 0 Å². The molecule has 0 bridgehead atoms. The molecule has 3 heteroatoms. The van der Waals surface area contributed by atoms with Gasteiger partial charge in [-0.1, -0.05) is 0 Å². The first-order chi connectivity index (χ1) is 9.31. The van der Waals surface area contributed by atoms with E-state index in [2.05, 4.69) is 22.0 Å². The summed E-state index contributed by atoms with van der Waals surface area (Å²) in [6.45, 7) is 7.70. The van der Waals surface area contributed by atoms with Gasteiger partial charge in [-0.25, -0.2) is 0 Å². The Labute approximate surface area is 117 Å². The third-order valence-corrected chi connectivity index (χ3v) is 6.10. The lowest BCUT2D eigenvalue weighted by Crippen LogP contribution is -2.61.